The molecule has 0 aromatic heterocycles. The van der Waals surface area contributed by atoms with Crippen LogP contribution < -0.4 is 14.9 Å². The molecule has 6 heteroatoms. The van der Waals surface area contributed by atoms with Gasteiger partial charge in [-0.25, -0.2) is 5.43 Å². The standard InChI is InChI=1S/C23H22N2O4/c1-2-28-21-14-8-11-18(23(21)27)15-24-25-22(26)16-29-20-13-7-6-12-19(20)17-9-4-3-5-10-17/h3-15,27H,2,16H2,1H3,(H,25,26)/b24-15+. The maximum Gasteiger partial charge on any atom is 0.277 e. The second-order valence-corrected chi connectivity index (χ2v) is 6.07. The third-order valence-electron chi connectivity index (χ3n) is 4.05. The van der Waals surface area contributed by atoms with Gasteiger partial charge in [0.1, 0.15) is 5.75 Å². The number of phenols is 1. The van der Waals surface area contributed by atoms with Gasteiger partial charge < -0.3 is 14.6 Å². The van der Waals surface area contributed by atoms with E-state index in [9.17, 15) is 9.90 Å². The summed E-state index contributed by atoms with van der Waals surface area (Å²) in [5.41, 5.74) is 4.74. The van der Waals surface area contributed by atoms with Gasteiger partial charge in [-0.05, 0) is 30.7 Å². The highest BCUT2D eigenvalue weighted by Gasteiger charge is 2.08. The van der Waals surface area contributed by atoms with E-state index in [4.69, 9.17) is 9.47 Å². The highest BCUT2D eigenvalue weighted by atomic mass is 16.5. The third-order valence-corrected chi connectivity index (χ3v) is 4.05. The molecule has 0 aliphatic carbocycles. The van der Waals surface area contributed by atoms with Crippen LogP contribution in [0.4, 0.5) is 0 Å². The highest BCUT2D eigenvalue weighted by molar-refractivity contribution is 5.86. The molecule has 0 radical (unpaired) electrons. The van der Waals surface area contributed by atoms with E-state index >= 15 is 0 Å². The van der Waals surface area contributed by atoms with Crippen LogP contribution >= 0.6 is 0 Å². The van der Waals surface area contributed by atoms with Crippen LogP contribution in [0.3, 0.4) is 0 Å². The smallest absolute Gasteiger partial charge is 0.277 e. The quantitative estimate of drug-likeness (QED) is 0.450. The number of hydrazone groups is 1. The summed E-state index contributed by atoms with van der Waals surface area (Å²) in [5.74, 6) is 0.536. The lowest BCUT2D eigenvalue weighted by atomic mass is 10.1. The van der Waals surface area contributed by atoms with Crippen molar-refractivity contribution in [3.8, 4) is 28.4 Å². The van der Waals surface area contributed by atoms with Crippen LogP contribution in [0.2, 0.25) is 0 Å². The summed E-state index contributed by atoms with van der Waals surface area (Å²) >= 11 is 0. The fraction of sp³-hybridized carbons (Fsp3) is 0.130. The Bertz CT molecular complexity index is 987. The van der Waals surface area contributed by atoms with Gasteiger partial charge in [0, 0.05) is 11.1 Å². The molecule has 0 spiro atoms. The Labute approximate surface area is 169 Å². The van der Waals surface area contributed by atoms with E-state index in [1.54, 1.807) is 18.2 Å². The van der Waals surface area contributed by atoms with Gasteiger partial charge in [-0.15, -0.1) is 0 Å². The fourth-order valence-electron chi connectivity index (χ4n) is 2.71. The molecule has 3 aromatic carbocycles. The molecular formula is C23H22N2O4. The van der Waals surface area contributed by atoms with Crippen LogP contribution in [0, 0.1) is 0 Å². The number of hydrogen-bond donors (Lipinski definition) is 2. The zero-order valence-corrected chi connectivity index (χ0v) is 16.0. The van der Waals surface area contributed by atoms with E-state index in [0.29, 0.717) is 23.7 Å². The van der Waals surface area contributed by atoms with E-state index in [-0.39, 0.29) is 12.4 Å². The summed E-state index contributed by atoms with van der Waals surface area (Å²) in [6.45, 7) is 2.08. The molecule has 0 saturated carbocycles. The number of ether oxygens (including phenoxy) is 2. The van der Waals surface area contributed by atoms with Crippen LogP contribution in [0.5, 0.6) is 17.2 Å². The number of nitrogens with one attached hydrogen (secondary N) is 1. The lowest BCUT2D eigenvalue weighted by Gasteiger charge is -2.11. The van der Waals surface area contributed by atoms with Gasteiger partial charge in [-0.3, -0.25) is 4.79 Å². The van der Waals surface area contributed by atoms with Crippen molar-refractivity contribution in [2.75, 3.05) is 13.2 Å². The number of para-hydroxylation sites is 2. The number of benzene rings is 3. The van der Waals surface area contributed by atoms with E-state index in [2.05, 4.69) is 10.5 Å². The molecule has 2 N–H and O–H groups in total. The highest BCUT2D eigenvalue weighted by Crippen LogP contribution is 2.30. The minimum Gasteiger partial charge on any atom is -0.504 e. The Hall–Kier alpha value is -3.80. The summed E-state index contributed by atoms with van der Waals surface area (Å²) in [7, 11) is 0. The van der Waals surface area contributed by atoms with Crippen molar-refractivity contribution in [3.05, 3.63) is 78.4 Å². The molecule has 3 rings (SSSR count). The summed E-state index contributed by atoms with van der Waals surface area (Å²) < 4.78 is 11.0. The number of phenolic OH excluding ortho intramolecular Hbond substituents is 1. The first kappa shape index (κ1) is 19.9. The molecule has 0 unspecified atom stereocenters. The van der Waals surface area contributed by atoms with Gasteiger partial charge in [0.15, 0.2) is 18.1 Å². The van der Waals surface area contributed by atoms with E-state index in [1.807, 2.05) is 61.5 Å². The monoisotopic (exact) mass is 390 g/mol. The molecule has 0 bridgehead atoms. The zero-order chi connectivity index (χ0) is 20.5. The van der Waals surface area contributed by atoms with Gasteiger partial charge in [0.25, 0.3) is 5.91 Å². The van der Waals surface area contributed by atoms with Crippen molar-refractivity contribution >= 4 is 12.1 Å². The average molecular weight is 390 g/mol. The molecule has 148 valence electrons. The minimum atomic E-state index is -0.412. The van der Waals surface area contributed by atoms with Crippen LogP contribution in [0.1, 0.15) is 12.5 Å². The summed E-state index contributed by atoms with van der Waals surface area (Å²) in [4.78, 5) is 12.1. The molecule has 6 nitrogen and oxygen atoms in total. The summed E-state index contributed by atoms with van der Waals surface area (Å²) in [6.07, 6.45) is 1.35. The lowest BCUT2D eigenvalue weighted by Crippen LogP contribution is -2.24. The molecule has 0 aliphatic rings. The Morgan fingerprint density at radius 1 is 0.966 bits per heavy atom. The van der Waals surface area contributed by atoms with Crippen molar-refractivity contribution in [3.63, 3.8) is 0 Å². The Morgan fingerprint density at radius 2 is 1.69 bits per heavy atom. The SMILES string of the molecule is CCOc1cccc(/C=N/NC(=O)COc2ccccc2-c2ccccc2)c1O. The molecule has 1 amide bonds. The molecule has 0 atom stereocenters. The Balaban J connectivity index is 1.59. The van der Waals surface area contributed by atoms with Gasteiger partial charge >= 0.3 is 0 Å². The van der Waals surface area contributed by atoms with Crippen molar-refractivity contribution in [2.24, 2.45) is 5.10 Å². The molecule has 3 aromatic rings. The molecule has 0 fully saturated rings. The third kappa shape index (κ3) is 5.35. The van der Waals surface area contributed by atoms with Crippen molar-refractivity contribution in [1.29, 1.82) is 0 Å². The topological polar surface area (TPSA) is 80.2 Å². The first-order valence-corrected chi connectivity index (χ1v) is 9.23. The lowest BCUT2D eigenvalue weighted by molar-refractivity contribution is -0.123. The average Bonchev–Trinajstić information content (AvgIpc) is 2.76. The number of hydrogen-bond acceptors (Lipinski definition) is 5. The maximum absolute atomic E-state index is 12.1. The minimum absolute atomic E-state index is 0.0274. The van der Waals surface area contributed by atoms with Crippen molar-refractivity contribution in [1.82, 2.24) is 5.43 Å². The largest absolute Gasteiger partial charge is 0.504 e. The van der Waals surface area contributed by atoms with Crippen LogP contribution in [-0.2, 0) is 4.79 Å². The zero-order valence-electron chi connectivity index (χ0n) is 16.0. The number of rotatable bonds is 8. The molecule has 0 aliphatic heterocycles. The van der Waals surface area contributed by atoms with Gasteiger partial charge in [0.05, 0.1) is 12.8 Å². The predicted octanol–water partition coefficient (Wildman–Crippen LogP) is 3.99. The number of carbonyl (C=O) groups excluding carboxylic acids is 1. The normalized spacial score (nSPS) is 10.7. The van der Waals surface area contributed by atoms with E-state index in [0.717, 1.165) is 11.1 Å². The van der Waals surface area contributed by atoms with Crippen LogP contribution in [0.15, 0.2) is 77.9 Å². The first-order valence-electron chi connectivity index (χ1n) is 9.23. The van der Waals surface area contributed by atoms with Crippen LogP contribution in [0.25, 0.3) is 11.1 Å². The molecule has 29 heavy (non-hydrogen) atoms. The second kappa shape index (κ2) is 9.94. The predicted molar refractivity (Wildman–Crippen MR) is 112 cm³/mol. The summed E-state index contributed by atoms with van der Waals surface area (Å²) in [6, 6.07) is 22.4. The van der Waals surface area contributed by atoms with Gasteiger partial charge in [-0.2, -0.15) is 5.10 Å². The Morgan fingerprint density at radius 3 is 2.48 bits per heavy atom. The van der Waals surface area contributed by atoms with E-state index in [1.165, 1.54) is 6.21 Å². The van der Waals surface area contributed by atoms with Crippen molar-refractivity contribution in [2.45, 2.75) is 6.92 Å². The summed E-state index contributed by atoms with van der Waals surface area (Å²) in [5, 5.41) is 14.0. The first-order chi connectivity index (χ1) is 14.2. The van der Waals surface area contributed by atoms with Gasteiger partial charge in [-0.1, -0.05) is 54.6 Å². The maximum atomic E-state index is 12.1. The molecular weight excluding hydrogens is 368 g/mol. The number of carbonyl (C=O) groups is 1. The number of amides is 1. The number of nitrogens with zero attached hydrogens (tertiary/aromatic N) is 1. The van der Waals surface area contributed by atoms with Gasteiger partial charge in [0.2, 0.25) is 0 Å². The fourth-order valence-corrected chi connectivity index (χ4v) is 2.71. The second-order valence-electron chi connectivity index (χ2n) is 6.07. The molecule has 0 heterocycles. The molecule has 0 saturated heterocycles. The van der Waals surface area contributed by atoms with Crippen LogP contribution in [-0.4, -0.2) is 30.4 Å². The number of aromatic hydroxyl groups is 1. The Kier molecular flexibility index (Phi) is 6.84. The van der Waals surface area contributed by atoms with E-state index < -0.39 is 5.91 Å². The van der Waals surface area contributed by atoms with Crippen molar-refractivity contribution < 1.29 is 19.4 Å².